The Morgan fingerprint density at radius 3 is 3.00 bits per heavy atom. The van der Waals surface area contributed by atoms with Gasteiger partial charge in [-0.25, -0.2) is 0 Å². The molecule has 0 unspecified atom stereocenters. The molecule has 0 atom stereocenters. The van der Waals surface area contributed by atoms with Crippen molar-refractivity contribution in [2.75, 3.05) is 6.61 Å². The van der Waals surface area contributed by atoms with E-state index in [0.29, 0.717) is 11.3 Å². The lowest BCUT2D eigenvalue weighted by Gasteiger charge is -2.00. The maximum absolute atomic E-state index is 11.2. The van der Waals surface area contributed by atoms with E-state index in [0.717, 1.165) is 10.0 Å². The van der Waals surface area contributed by atoms with E-state index < -0.39 is 0 Å². The Morgan fingerprint density at radius 2 is 2.25 bits per heavy atom. The first-order valence-electron chi connectivity index (χ1n) is 3.64. The molecule has 0 saturated heterocycles. The number of fused-ring (bicyclic) bond motifs is 1. The Balaban J connectivity index is 2.63. The molecule has 0 N–H and O–H groups in total. The van der Waals surface area contributed by atoms with Crippen molar-refractivity contribution in [3.05, 3.63) is 27.7 Å². The van der Waals surface area contributed by atoms with E-state index in [1.165, 1.54) is 0 Å². The Labute approximate surface area is 78.7 Å². The van der Waals surface area contributed by atoms with Crippen molar-refractivity contribution in [1.29, 1.82) is 0 Å². The van der Waals surface area contributed by atoms with Gasteiger partial charge in [-0.15, -0.1) is 0 Å². The van der Waals surface area contributed by atoms with Crippen LogP contribution in [0.5, 0.6) is 5.75 Å². The van der Waals surface area contributed by atoms with E-state index in [1.54, 1.807) is 0 Å². The van der Waals surface area contributed by atoms with Crippen LogP contribution in [-0.2, 0) is 0 Å². The van der Waals surface area contributed by atoms with E-state index in [9.17, 15) is 4.79 Å². The highest BCUT2D eigenvalue weighted by Crippen LogP contribution is 2.30. The second kappa shape index (κ2) is 2.59. The molecule has 0 amide bonds. The summed E-state index contributed by atoms with van der Waals surface area (Å²) in [7, 11) is 0. The topological polar surface area (TPSA) is 26.3 Å². The van der Waals surface area contributed by atoms with Gasteiger partial charge >= 0.3 is 0 Å². The summed E-state index contributed by atoms with van der Waals surface area (Å²) in [5.74, 6) is 0.770. The predicted octanol–water partition coefficient (Wildman–Crippen LogP) is 2.33. The average Bonchev–Trinajstić information content (AvgIpc) is 2.35. The van der Waals surface area contributed by atoms with Crippen LogP contribution >= 0.6 is 15.9 Å². The van der Waals surface area contributed by atoms with E-state index in [2.05, 4.69) is 15.9 Å². The van der Waals surface area contributed by atoms with Gasteiger partial charge < -0.3 is 4.74 Å². The number of rotatable bonds is 0. The quantitative estimate of drug-likeness (QED) is 0.679. The molecule has 1 aromatic rings. The normalized spacial score (nSPS) is 14.3. The van der Waals surface area contributed by atoms with Gasteiger partial charge in [0, 0.05) is 4.47 Å². The van der Waals surface area contributed by atoms with E-state index in [4.69, 9.17) is 4.74 Å². The van der Waals surface area contributed by atoms with Crippen LogP contribution in [0.2, 0.25) is 0 Å². The van der Waals surface area contributed by atoms with Gasteiger partial charge in [-0.2, -0.15) is 0 Å². The van der Waals surface area contributed by atoms with Gasteiger partial charge in [0.1, 0.15) is 5.75 Å². The highest BCUT2D eigenvalue weighted by Gasteiger charge is 2.21. The van der Waals surface area contributed by atoms with Crippen LogP contribution in [0.3, 0.4) is 0 Å². The summed E-state index contributed by atoms with van der Waals surface area (Å²) in [5.41, 5.74) is 1.77. The first kappa shape index (κ1) is 7.80. The molecule has 0 aliphatic carbocycles. The van der Waals surface area contributed by atoms with E-state index in [-0.39, 0.29) is 12.4 Å². The molecule has 1 heterocycles. The van der Waals surface area contributed by atoms with Gasteiger partial charge in [0.15, 0.2) is 6.61 Å². The molecule has 0 radical (unpaired) electrons. The third-order valence-corrected chi connectivity index (χ3v) is 2.77. The highest BCUT2D eigenvalue weighted by atomic mass is 79.9. The number of carbonyl (C=O) groups is 1. The average molecular weight is 227 g/mol. The molecule has 0 bridgehead atoms. The Bertz CT molecular complexity index is 358. The summed E-state index contributed by atoms with van der Waals surface area (Å²) in [4.78, 5) is 11.2. The van der Waals surface area contributed by atoms with Gasteiger partial charge in [0.25, 0.3) is 0 Å². The van der Waals surface area contributed by atoms with Crippen molar-refractivity contribution >= 4 is 21.7 Å². The van der Waals surface area contributed by atoms with Crippen LogP contribution in [0.4, 0.5) is 0 Å². The Kier molecular flexibility index (Phi) is 1.68. The van der Waals surface area contributed by atoms with Gasteiger partial charge in [-0.3, -0.25) is 4.79 Å². The smallest absolute Gasteiger partial charge is 0.203 e. The van der Waals surface area contributed by atoms with Gasteiger partial charge in [-0.05, 0) is 24.6 Å². The van der Waals surface area contributed by atoms with Crippen LogP contribution in [0.1, 0.15) is 15.9 Å². The fourth-order valence-electron chi connectivity index (χ4n) is 1.21. The molecule has 1 aliphatic rings. The Hall–Kier alpha value is -0.830. The van der Waals surface area contributed by atoms with Gasteiger partial charge in [0.2, 0.25) is 5.78 Å². The third kappa shape index (κ3) is 1.05. The molecule has 2 nitrogen and oxygen atoms in total. The lowest BCUT2D eigenvalue weighted by molar-refractivity contribution is 0.0961. The number of ketones is 1. The van der Waals surface area contributed by atoms with Gasteiger partial charge in [0.05, 0.1) is 5.56 Å². The van der Waals surface area contributed by atoms with Crippen LogP contribution < -0.4 is 4.74 Å². The molecule has 0 fully saturated rings. The van der Waals surface area contributed by atoms with Crippen molar-refractivity contribution in [2.45, 2.75) is 6.92 Å². The number of hydrogen-bond acceptors (Lipinski definition) is 2. The minimum Gasteiger partial charge on any atom is -0.485 e. The summed E-state index contributed by atoms with van der Waals surface area (Å²) in [6.07, 6.45) is 0. The molecule has 0 saturated carbocycles. The van der Waals surface area contributed by atoms with Crippen LogP contribution in [-0.4, -0.2) is 12.4 Å². The first-order chi connectivity index (χ1) is 5.68. The van der Waals surface area contributed by atoms with Crippen molar-refractivity contribution in [3.8, 4) is 5.75 Å². The molecule has 3 heteroatoms. The number of halogens is 1. The van der Waals surface area contributed by atoms with Gasteiger partial charge in [-0.1, -0.05) is 15.9 Å². The monoisotopic (exact) mass is 226 g/mol. The molecule has 0 aromatic heterocycles. The molecular weight excluding hydrogens is 220 g/mol. The van der Waals surface area contributed by atoms with Crippen LogP contribution in [0.15, 0.2) is 16.6 Å². The van der Waals surface area contributed by atoms with E-state index >= 15 is 0 Å². The maximum atomic E-state index is 11.2. The molecule has 62 valence electrons. The highest BCUT2D eigenvalue weighted by molar-refractivity contribution is 9.10. The zero-order valence-electron chi connectivity index (χ0n) is 6.56. The molecule has 0 spiro atoms. The number of aryl methyl sites for hydroxylation is 1. The lowest BCUT2D eigenvalue weighted by Crippen LogP contribution is -1.98. The predicted molar refractivity (Wildman–Crippen MR) is 48.7 cm³/mol. The van der Waals surface area contributed by atoms with Crippen LogP contribution in [0.25, 0.3) is 0 Å². The number of Topliss-reactive ketones (excluding diaryl/α,β-unsaturated/α-hetero) is 1. The van der Waals surface area contributed by atoms with Crippen molar-refractivity contribution in [3.63, 3.8) is 0 Å². The molecule has 1 aliphatic heterocycles. The number of benzene rings is 1. The Morgan fingerprint density at radius 1 is 1.50 bits per heavy atom. The summed E-state index contributed by atoms with van der Waals surface area (Å²) < 4.78 is 6.13. The summed E-state index contributed by atoms with van der Waals surface area (Å²) in [5, 5.41) is 0. The number of hydrogen-bond donors (Lipinski definition) is 0. The first-order valence-corrected chi connectivity index (χ1v) is 4.44. The summed E-state index contributed by atoms with van der Waals surface area (Å²) in [6, 6.07) is 3.70. The standard InChI is InChI=1S/C9H7BrO2/c1-5-2-9-6(3-7(5)10)8(11)4-12-9/h2-3H,4H2,1H3. The molecule has 1 aromatic carbocycles. The zero-order chi connectivity index (χ0) is 8.72. The molecule has 2 rings (SSSR count). The maximum Gasteiger partial charge on any atom is 0.203 e. The lowest BCUT2D eigenvalue weighted by atomic mass is 10.1. The van der Waals surface area contributed by atoms with Crippen molar-refractivity contribution in [1.82, 2.24) is 0 Å². The second-order valence-electron chi connectivity index (χ2n) is 2.81. The van der Waals surface area contributed by atoms with E-state index in [1.807, 2.05) is 19.1 Å². The molecular formula is C9H7BrO2. The fourth-order valence-corrected chi connectivity index (χ4v) is 1.56. The van der Waals surface area contributed by atoms with Crippen LogP contribution in [0, 0.1) is 6.92 Å². The number of ether oxygens (including phenoxy) is 1. The number of carbonyl (C=O) groups excluding carboxylic acids is 1. The minimum absolute atomic E-state index is 0.0608. The SMILES string of the molecule is Cc1cc2c(cc1Br)C(=O)CO2. The van der Waals surface area contributed by atoms with Crippen molar-refractivity contribution in [2.24, 2.45) is 0 Å². The summed E-state index contributed by atoms with van der Waals surface area (Å²) in [6.45, 7) is 2.15. The van der Waals surface area contributed by atoms with Crippen molar-refractivity contribution < 1.29 is 9.53 Å². The second-order valence-corrected chi connectivity index (χ2v) is 3.66. The largest absolute Gasteiger partial charge is 0.485 e. The minimum atomic E-state index is 0.0608. The third-order valence-electron chi connectivity index (χ3n) is 1.92. The summed E-state index contributed by atoms with van der Waals surface area (Å²) >= 11 is 3.37. The fraction of sp³-hybridized carbons (Fsp3) is 0.222. The molecule has 12 heavy (non-hydrogen) atoms. The zero-order valence-corrected chi connectivity index (χ0v) is 8.14.